The van der Waals surface area contributed by atoms with Crippen LogP contribution in [0, 0.1) is 3.57 Å². The summed E-state index contributed by atoms with van der Waals surface area (Å²) in [4.78, 5) is 3.56. The predicted molar refractivity (Wildman–Crippen MR) is 63.3 cm³/mol. The SMILES string of the molecule is COc1c(C(O)C(F)(F)F)ncn2ncc(I)c12. The summed E-state index contributed by atoms with van der Waals surface area (Å²) in [7, 11) is 1.21. The Bertz CT molecular complexity index is 584. The molecule has 5 nitrogen and oxygen atoms in total. The fourth-order valence-corrected chi connectivity index (χ4v) is 2.11. The number of fused-ring (bicyclic) bond motifs is 1. The monoisotopic (exact) mass is 373 g/mol. The van der Waals surface area contributed by atoms with Crippen molar-refractivity contribution in [3.63, 3.8) is 0 Å². The molecule has 0 radical (unpaired) electrons. The van der Waals surface area contributed by atoms with E-state index in [9.17, 15) is 18.3 Å². The maximum absolute atomic E-state index is 12.5. The van der Waals surface area contributed by atoms with Gasteiger partial charge in [0.25, 0.3) is 0 Å². The lowest BCUT2D eigenvalue weighted by atomic mass is 10.2. The van der Waals surface area contributed by atoms with Crippen LogP contribution in [0.4, 0.5) is 13.2 Å². The zero-order chi connectivity index (χ0) is 13.5. The van der Waals surface area contributed by atoms with Gasteiger partial charge in [-0.15, -0.1) is 0 Å². The second kappa shape index (κ2) is 4.53. The van der Waals surface area contributed by atoms with E-state index in [1.165, 1.54) is 17.8 Å². The van der Waals surface area contributed by atoms with E-state index in [4.69, 9.17) is 4.74 Å². The second-order valence-electron chi connectivity index (χ2n) is 3.39. The Balaban J connectivity index is 2.68. The summed E-state index contributed by atoms with van der Waals surface area (Å²) in [6.45, 7) is 0. The lowest BCUT2D eigenvalue weighted by Gasteiger charge is -2.17. The lowest BCUT2D eigenvalue weighted by Crippen LogP contribution is -2.22. The molecule has 0 aliphatic rings. The summed E-state index contributed by atoms with van der Waals surface area (Å²) in [6.07, 6.45) is -4.93. The quantitative estimate of drug-likeness (QED) is 0.818. The highest BCUT2D eigenvalue weighted by atomic mass is 127. The van der Waals surface area contributed by atoms with Crippen molar-refractivity contribution < 1.29 is 23.0 Å². The summed E-state index contributed by atoms with van der Waals surface area (Å²) in [6, 6.07) is 0. The normalized spacial score (nSPS) is 13.9. The zero-order valence-electron chi connectivity index (χ0n) is 8.94. The van der Waals surface area contributed by atoms with Gasteiger partial charge < -0.3 is 9.84 Å². The van der Waals surface area contributed by atoms with E-state index < -0.39 is 18.0 Å². The number of methoxy groups -OCH3 is 1. The highest BCUT2D eigenvalue weighted by molar-refractivity contribution is 14.1. The van der Waals surface area contributed by atoms with E-state index >= 15 is 0 Å². The molecule has 0 saturated carbocycles. The number of aromatic nitrogens is 3. The molecule has 1 unspecified atom stereocenters. The van der Waals surface area contributed by atoms with Crippen LogP contribution >= 0.6 is 22.6 Å². The van der Waals surface area contributed by atoms with E-state index in [0.717, 1.165) is 6.33 Å². The minimum atomic E-state index is -4.80. The van der Waals surface area contributed by atoms with Crippen LogP contribution in [0.2, 0.25) is 0 Å². The number of hydrogen-bond donors (Lipinski definition) is 1. The van der Waals surface area contributed by atoms with Crippen molar-refractivity contribution in [2.75, 3.05) is 7.11 Å². The Morgan fingerprint density at radius 1 is 1.50 bits per heavy atom. The molecule has 0 fully saturated rings. The number of aliphatic hydroxyl groups excluding tert-OH is 1. The number of nitrogens with zero attached hydrogens (tertiary/aromatic N) is 3. The van der Waals surface area contributed by atoms with Crippen LogP contribution in [-0.2, 0) is 0 Å². The first-order valence-electron chi connectivity index (χ1n) is 4.66. The standard InChI is InChI=1S/C9H7F3IN3O2/c1-18-7-5(8(17)9(10,11)12)14-3-16-6(7)4(13)2-15-16/h2-3,8,17H,1H3. The van der Waals surface area contributed by atoms with E-state index in [2.05, 4.69) is 10.1 Å². The Labute approximate surface area is 113 Å². The van der Waals surface area contributed by atoms with Crippen molar-refractivity contribution in [2.24, 2.45) is 0 Å². The number of alkyl halides is 3. The third-order valence-electron chi connectivity index (χ3n) is 2.28. The Hall–Kier alpha value is -1.10. The number of aliphatic hydroxyl groups is 1. The maximum atomic E-state index is 12.5. The van der Waals surface area contributed by atoms with Crippen molar-refractivity contribution in [3.8, 4) is 5.75 Å². The number of rotatable bonds is 2. The second-order valence-corrected chi connectivity index (χ2v) is 4.56. The molecule has 2 aromatic rings. The smallest absolute Gasteiger partial charge is 0.420 e. The molecule has 1 N–H and O–H groups in total. The molecule has 98 valence electrons. The predicted octanol–water partition coefficient (Wildman–Crippen LogP) is 1.94. The largest absolute Gasteiger partial charge is 0.492 e. The molecule has 0 amide bonds. The number of ether oxygens (including phenoxy) is 1. The Morgan fingerprint density at radius 3 is 2.72 bits per heavy atom. The first-order valence-corrected chi connectivity index (χ1v) is 5.74. The molecule has 0 spiro atoms. The van der Waals surface area contributed by atoms with Gasteiger partial charge in [-0.2, -0.15) is 18.3 Å². The summed E-state index contributed by atoms with van der Waals surface area (Å²) >= 11 is 1.91. The van der Waals surface area contributed by atoms with Gasteiger partial charge in [-0.1, -0.05) is 0 Å². The molecule has 9 heteroatoms. The minimum absolute atomic E-state index is 0.135. The number of halogens is 4. The van der Waals surface area contributed by atoms with Crippen LogP contribution in [0.5, 0.6) is 5.75 Å². The summed E-state index contributed by atoms with van der Waals surface area (Å²) in [5.74, 6) is -0.135. The average molecular weight is 373 g/mol. The van der Waals surface area contributed by atoms with Crippen molar-refractivity contribution in [2.45, 2.75) is 12.3 Å². The summed E-state index contributed by atoms with van der Waals surface area (Å²) < 4.78 is 44.3. The third kappa shape index (κ3) is 2.11. The first kappa shape index (κ1) is 13.3. The topological polar surface area (TPSA) is 59.7 Å². The van der Waals surface area contributed by atoms with Crippen molar-refractivity contribution >= 4 is 28.1 Å². The number of hydrogen-bond acceptors (Lipinski definition) is 4. The molecule has 2 rings (SSSR count). The van der Waals surface area contributed by atoms with Crippen molar-refractivity contribution in [1.82, 2.24) is 14.6 Å². The minimum Gasteiger partial charge on any atom is -0.492 e. The molecule has 18 heavy (non-hydrogen) atoms. The van der Waals surface area contributed by atoms with Crippen LogP contribution < -0.4 is 4.74 Å². The van der Waals surface area contributed by atoms with Gasteiger partial charge in [0.2, 0.25) is 0 Å². The van der Waals surface area contributed by atoms with Gasteiger partial charge in [0.1, 0.15) is 17.5 Å². The van der Waals surface area contributed by atoms with Gasteiger partial charge in [-0.05, 0) is 22.6 Å². The van der Waals surface area contributed by atoms with E-state index in [1.807, 2.05) is 22.6 Å². The molecule has 0 bridgehead atoms. The molecule has 0 aromatic carbocycles. The van der Waals surface area contributed by atoms with Crippen LogP contribution in [0.3, 0.4) is 0 Å². The molecule has 2 aromatic heterocycles. The fraction of sp³-hybridized carbons (Fsp3) is 0.333. The van der Waals surface area contributed by atoms with Crippen LogP contribution in [-0.4, -0.2) is 33.0 Å². The highest BCUT2D eigenvalue weighted by Gasteiger charge is 2.42. The molecule has 0 aliphatic carbocycles. The van der Waals surface area contributed by atoms with E-state index in [1.54, 1.807) is 0 Å². The van der Waals surface area contributed by atoms with Crippen molar-refractivity contribution in [3.05, 3.63) is 21.8 Å². The summed E-state index contributed by atoms with van der Waals surface area (Å²) in [5.41, 5.74) is -0.234. The van der Waals surface area contributed by atoms with Crippen LogP contribution in [0.25, 0.3) is 5.52 Å². The van der Waals surface area contributed by atoms with Crippen molar-refractivity contribution in [1.29, 1.82) is 0 Å². The van der Waals surface area contributed by atoms with E-state index in [-0.39, 0.29) is 5.75 Å². The van der Waals surface area contributed by atoms with Gasteiger partial charge in [0.05, 0.1) is 16.9 Å². The molecular weight excluding hydrogens is 366 g/mol. The van der Waals surface area contributed by atoms with Gasteiger partial charge in [0, 0.05) is 0 Å². The van der Waals surface area contributed by atoms with Gasteiger partial charge >= 0.3 is 6.18 Å². The molecule has 0 saturated heterocycles. The van der Waals surface area contributed by atoms with Crippen LogP contribution in [0.15, 0.2) is 12.5 Å². The van der Waals surface area contributed by atoms with Gasteiger partial charge in [-0.3, -0.25) is 0 Å². The zero-order valence-corrected chi connectivity index (χ0v) is 11.1. The average Bonchev–Trinajstić information content (AvgIpc) is 2.68. The highest BCUT2D eigenvalue weighted by Crippen LogP contribution is 2.38. The van der Waals surface area contributed by atoms with Crippen LogP contribution in [0.1, 0.15) is 11.8 Å². The fourth-order valence-electron chi connectivity index (χ4n) is 1.49. The first-order chi connectivity index (χ1) is 8.36. The molecule has 0 aliphatic heterocycles. The lowest BCUT2D eigenvalue weighted by molar-refractivity contribution is -0.208. The summed E-state index contributed by atoms with van der Waals surface area (Å²) in [5, 5.41) is 13.2. The third-order valence-corrected chi connectivity index (χ3v) is 3.07. The molecule has 2 heterocycles. The van der Waals surface area contributed by atoms with Gasteiger partial charge in [-0.25, -0.2) is 9.50 Å². The maximum Gasteiger partial charge on any atom is 0.420 e. The van der Waals surface area contributed by atoms with Gasteiger partial charge in [0.15, 0.2) is 11.9 Å². The van der Waals surface area contributed by atoms with E-state index in [0.29, 0.717) is 9.09 Å². The Kier molecular flexibility index (Phi) is 3.36. The molecule has 1 atom stereocenters. The Morgan fingerprint density at radius 2 is 2.17 bits per heavy atom. The molecular formula is C9H7F3IN3O2.